The van der Waals surface area contributed by atoms with Crippen LogP contribution in [0.25, 0.3) is 0 Å². The highest BCUT2D eigenvalue weighted by molar-refractivity contribution is 7.87. The summed E-state index contributed by atoms with van der Waals surface area (Å²) < 4.78 is 60.0. The van der Waals surface area contributed by atoms with Crippen molar-refractivity contribution in [1.82, 2.24) is 0 Å². The maximum atomic E-state index is 11.8. The van der Waals surface area contributed by atoms with E-state index < -0.39 is 47.5 Å². The molecule has 16 heavy (non-hydrogen) atoms. The monoisotopic (exact) mass is 268 g/mol. The minimum absolute atomic E-state index is 0.923. The van der Waals surface area contributed by atoms with Gasteiger partial charge in [-0.3, -0.25) is 4.18 Å². The summed E-state index contributed by atoms with van der Waals surface area (Å²) in [5.41, 5.74) is -7.42. The summed E-state index contributed by atoms with van der Waals surface area (Å²) in [6.45, 7) is -3.94. The third kappa shape index (κ3) is 3.56. The van der Waals surface area contributed by atoms with Gasteiger partial charge in [0, 0.05) is 0 Å². The van der Waals surface area contributed by atoms with Crippen molar-refractivity contribution >= 4 is 10.1 Å². The predicted molar refractivity (Wildman–Crippen MR) is 44.6 cm³/mol. The summed E-state index contributed by atoms with van der Waals surface area (Å²) in [7, 11) is -5.79. The Morgan fingerprint density at radius 1 is 1.00 bits per heavy atom. The Kier molecular flexibility index (Phi) is 5.14. The van der Waals surface area contributed by atoms with Gasteiger partial charge >= 0.3 is 15.6 Å². The lowest BCUT2D eigenvalue weighted by Crippen LogP contribution is -2.41. The lowest BCUT2D eigenvalue weighted by atomic mass is 9.93. The molecule has 0 bridgehead atoms. The van der Waals surface area contributed by atoms with Crippen molar-refractivity contribution in [3.63, 3.8) is 0 Å². The molecular weight excluding hydrogens is 257 g/mol. The van der Waals surface area contributed by atoms with Gasteiger partial charge in [0.05, 0.1) is 31.8 Å². The first-order chi connectivity index (χ1) is 7.14. The highest BCUT2D eigenvalue weighted by atomic mass is 32.2. The average Bonchev–Trinajstić information content (AvgIpc) is 2.19. The Balaban J connectivity index is 4.68. The van der Waals surface area contributed by atoms with Crippen molar-refractivity contribution < 1.29 is 41.1 Å². The normalized spacial score (nSPS) is 14.1. The standard InChI is InChI=1S/C6H11F3O6S/c7-6(8,9)16(13,14)15-4-5(1-10,2-11)3-12/h10-12H,1-4H2. The maximum Gasteiger partial charge on any atom is 0.523 e. The summed E-state index contributed by atoms with van der Waals surface area (Å²) in [6.07, 6.45) is 0. The molecule has 0 radical (unpaired) electrons. The second-order valence-electron chi connectivity index (χ2n) is 3.14. The number of rotatable bonds is 6. The van der Waals surface area contributed by atoms with Crippen LogP contribution in [0.3, 0.4) is 0 Å². The molecule has 0 amide bonds. The maximum absolute atomic E-state index is 11.8. The third-order valence-electron chi connectivity index (χ3n) is 1.81. The SMILES string of the molecule is O=S(=O)(OCC(CO)(CO)CO)C(F)(F)F. The average molecular weight is 268 g/mol. The quantitative estimate of drug-likeness (QED) is 0.413. The highest BCUT2D eigenvalue weighted by Crippen LogP contribution is 2.26. The van der Waals surface area contributed by atoms with E-state index in [9.17, 15) is 21.6 Å². The van der Waals surface area contributed by atoms with Crippen LogP contribution in [0.4, 0.5) is 13.2 Å². The van der Waals surface area contributed by atoms with Crippen molar-refractivity contribution in [2.75, 3.05) is 26.4 Å². The van der Waals surface area contributed by atoms with E-state index in [2.05, 4.69) is 4.18 Å². The fourth-order valence-corrected chi connectivity index (χ4v) is 1.10. The van der Waals surface area contributed by atoms with Crippen LogP contribution in [0.1, 0.15) is 0 Å². The van der Waals surface area contributed by atoms with Crippen molar-refractivity contribution in [2.45, 2.75) is 5.51 Å². The molecule has 0 aromatic heterocycles. The van der Waals surface area contributed by atoms with Crippen LogP contribution in [0.15, 0.2) is 0 Å². The van der Waals surface area contributed by atoms with Crippen LogP contribution in [0.2, 0.25) is 0 Å². The van der Waals surface area contributed by atoms with Crippen molar-refractivity contribution in [3.8, 4) is 0 Å². The lowest BCUT2D eigenvalue weighted by Gasteiger charge is -2.26. The molecule has 0 saturated heterocycles. The van der Waals surface area contributed by atoms with E-state index in [1.807, 2.05) is 0 Å². The highest BCUT2D eigenvalue weighted by Gasteiger charge is 2.48. The van der Waals surface area contributed by atoms with Crippen LogP contribution in [0, 0.1) is 5.41 Å². The largest absolute Gasteiger partial charge is 0.523 e. The number of alkyl halides is 3. The van der Waals surface area contributed by atoms with E-state index >= 15 is 0 Å². The van der Waals surface area contributed by atoms with E-state index in [0.29, 0.717) is 0 Å². The van der Waals surface area contributed by atoms with Crippen molar-refractivity contribution in [3.05, 3.63) is 0 Å². The Morgan fingerprint density at radius 3 is 1.62 bits per heavy atom. The fraction of sp³-hybridized carbons (Fsp3) is 1.00. The Morgan fingerprint density at radius 2 is 1.38 bits per heavy atom. The molecule has 0 spiro atoms. The second-order valence-corrected chi connectivity index (χ2v) is 4.74. The Labute approximate surface area is 89.4 Å². The van der Waals surface area contributed by atoms with Crippen LogP contribution in [-0.4, -0.2) is 55.7 Å². The van der Waals surface area contributed by atoms with Crippen LogP contribution in [0.5, 0.6) is 0 Å². The van der Waals surface area contributed by atoms with Crippen LogP contribution < -0.4 is 0 Å². The Bertz CT molecular complexity index is 298. The summed E-state index contributed by atoms with van der Waals surface area (Å²) in [6, 6.07) is 0. The van der Waals surface area contributed by atoms with E-state index in [1.54, 1.807) is 0 Å². The van der Waals surface area contributed by atoms with Gasteiger partial charge in [0.2, 0.25) is 0 Å². The molecule has 0 aromatic carbocycles. The molecule has 0 aliphatic carbocycles. The van der Waals surface area contributed by atoms with Crippen molar-refractivity contribution in [1.29, 1.82) is 0 Å². The van der Waals surface area contributed by atoms with Gasteiger partial charge in [-0.15, -0.1) is 0 Å². The molecule has 0 rings (SSSR count). The van der Waals surface area contributed by atoms with E-state index in [0.717, 1.165) is 0 Å². The molecule has 98 valence electrons. The third-order valence-corrected chi connectivity index (χ3v) is 2.81. The molecule has 6 nitrogen and oxygen atoms in total. The summed E-state index contributed by atoms with van der Waals surface area (Å²) >= 11 is 0. The first-order valence-electron chi connectivity index (χ1n) is 3.92. The molecule has 0 saturated carbocycles. The van der Waals surface area contributed by atoms with Gasteiger partial charge in [-0.25, -0.2) is 0 Å². The molecular formula is C6H11F3O6S. The topological polar surface area (TPSA) is 104 Å². The lowest BCUT2D eigenvalue weighted by molar-refractivity contribution is -0.0660. The first kappa shape index (κ1) is 15.6. The number of hydrogen-bond donors (Lipinski definition) is 3. The minimum atomic E-state index is -5.79. The predicted octanol–water partition coefficient (Wildman–Crippen LogP) is -1.18. The summed E-state index contributed by atoms with van der Waals surface area (Å²) in [5.74, 6) is 0. The molecule has 0 aliphatic rings. The number of aliphatic hydroxyl groups is 3. The van der Waals surface area contributed by atoms with Gasteiger partial charge in [-0.1, -0.05) is 0 Å². The fourth-order valence-electron chi connectivity index (χ4n) is 0.556. The molecule has 3 N–H and O–H groups in total. The van der Waals surface area contributed by atoms with Gasteiger partial charge in [-0.05, 0) is 0 Å². The van der Waals surface area contributed by atoms with E-state index in [1.165, 1.54) is 0 Å². The molecule has 0 atom stereocenters. The number of hydrogen-bond acceptors (Lipinski definition) is 6. The Hall–Kier alpha value is -0.420. The minimum Gasteiger partial charge on any atom is -0.396 e. The molecule has 0 aromatic rings. The van der Waals surface area contributed by atoms with Crippen molar-refractivity contribution in [2.24, 2.45) is 5.41 Å². The van der Waals surface area contributed by atoms with Gasteiger partial charge in [0.25, 0.3) is 0 Å². The zero-order valence-electron chi connectivity index (χ0n) is 7.94. The molecule has 10 heteroatoms. The number of aliphatic hydroxyl groups excluding tert-OH is 3. The smallest absolute Gasteiger partial charge is 0.396 e. The molecule has 0 fully saturated rings. The van der Waals surface area contributed by atoms with E-state index in [4.69, 9.17) is 15.3 Å². The molecule has 0 aliphatic heterocycles. The summed E-state index contributed by atoms with van der Waals surface area (Å²) in [4.78, 5) is 0. The van der Waals surface area contributed by atoms with Crippen LogP contribution >= 0.6 is 0 Å². The zero-order chi connectivity index (χ0) is 13.0. The number of halogens is 3. The van der Waals surface area contributed by atoms with E-state index in [-0.39, 0.29) is 0 Å². The van der Waals surface area contributed by atoms with Gasteiger partial charge in [0.15, 0.2) is 0 Å². The van der Waals surface area contributed by atoms with Crippen LogP contribution in [-0.2, 0) is 14.3 Å². The zero-order valence-corrected chi connectivity index (χ0v) is 8.75. The van der Waals surface area contributed by atoms with Gasteiger partial charge in [0.1, 0.15) is 0 Å². The first-order valence-corrected chi connectivity index (χ1v) is 5.33. The molecule has 0 heterocycles. The molecule has 0 unspecified atom stereocenters. The summed E-state index contributed by atoms with van der Waals surface area (Å²) in [5, 5.41) is 26.1. The second kappa shape index (κ2) is 5.27. The van der Waals surface area contributed by atoms with Gasteiger partial charge in [-0.2, -0.15) is 21.6 Å². The van der Waals surface area contributed by atoms with Gasteiger partial charge < -0.3 is 15.3 Å².